The number of fused-ring (bicyclic) bond motifs is 1. The van der Waals surface area contributed by atoms with E-state index < -0.39 is 23.7 Å². The second-order valence-electron chi connectivity index (χ2n) is 11.4. The highest BCUT2D eigenvalue weighted by molar-refractivity contribution is 5.92. The molecular formula is C32H32F3N3O4. The molecule has 0 radical (unpaired) electrons. The maximum absolute atomic E-state index is 12.7. The van der Waals surface area contributed by atoms with Crippen molar-refractivity contribution < 1.29 is 32.6 Å². The number of hydrogen-bond donors (Lipinski definition) is 2. The first-order chi connectivity index (χ1) is 19.9. The van der Waals surface area contributed by atoms with Crippen molar-refractivity contribution in [3.63, 3.8) is 0 Å². The molecule has 0 atom stereocenters. The second-order valence-corrected chi connectivity index (χ2v) is 11.4. The Labute approximate surface area is 241 Å². The number of carbonyl (C=O) groups is 2. The van der Waals surface area contributed by atoms with E-state index in [9.17, 15) is 27.9 Å². The number of nitrogens with one attached hydrogen (secondary N) is 1. The summed E-state index contributed by atoms with van der Waals surface area (Å²) in [6.45, 7) is 3.77. The smallest absolute Gasteiger partial charge is 0.481 e. The Morgan fingerprint density at radius 2 is 1.57 bits per heavy atom. The summed E-state index contributed by atoms with van der Waals surface area (Å²) in [5.74, 6) is -0.852. The molecule has 220 valence electrons. The summed E-state index contributed by atoms with van der Waals surface area (Å²) in [5.41, 5.74) is 3.99. The molecule has 0 saturated heterocycles. The van der Waals surface area contributed by atoms with Crippen LogP contribution in [0.1, 0.15) is 67.1 Å². The zero-order valence-electron chi connectivity index (χ0n) is 23.3. The topological polar surface area (TPSA) is 92.9 Å². The minimum Gasteiger partial charge on any atom is -0.481 e. The summed E-state index contributed by atoms with van der Waals surface area (Å²) in [6, 6.07) is 17.5. The Morgan fingerprint density at radius 1 is 0.929 bits per heavy atom. The third-order valence-electron chi connectivity index (χ3n) is 8.31. The Morgan fingerprint density at radius 3 is 2.19 bits per heavy atom. The third kappa shape index (κ3) is 6.58. The lowest BCUT2D eigenvalue weighted by Crippen LogP contribution is -2.35. The number of carbonyl (C=O) groups excluding carboxylic acids is 1. The van der Waals surface area contributed by atoms with Crippen molar-refractivity contribution >= 4 is 17.5 Å². The van der Waals surface area contributed by atoms with Crippen molar-refractivity contribution in [2.45, 2.75) is 58.4 Å². The van der Waals surface area contributed by atoms with Crippen LogP contribution in [-0.4, -0.2) is 32.7 Å². The molecule has 1 fully saturated rings. The van der Waals surface area contributed by atoms with E-state index in [-0.39, 0.29) is 23.9 Å². The van der Waals surface area contributed by atoms with Crippen molar-refractivity contribution in [3.05, 3.63) is 89.9 Å². The van der Waals surface area contributed by atoms with Crippen LogP contribution in [0, 0.1) is 11.3 Å². The minimum atomic E-state index is -4.76. The molecule has 42 heavy (non-hydrogen) atoms. The number of alkyl halides is 3. The molecule has 1 saturated carbocycles. The standard InChI is InChI=1S/C32H32F3N3O4/c1-31(2,30(40)41)25-12-9-22(10-13-25)21-5-7-23(8-6-21)24-11-16-28-37-27(19-38(28)18-24)29(39)36-17-20-3-14-26(15-4-20)42-32(33,34)35/h3-8,11,14-16,18-19,22,25H,9-10,12-13,17H2,1-2H3,(H,36,39)(H,40,41)/t22-,25-. The van der Waals surface area contributed by atoms with E-state index in [1.165, 1.54) is 29.8 Å². The van der Waals surface area contributed by atoms with Gasteiger partial charge in [-0.05, 0) is 97.9 Å². The summed E-state index contributed by atoms with van der Waals surface area (Å²) in [5, 5.41) is 12.3. The maximum Gasteiger partial charge on any atom is 0.573 e. The molecule has 0 aliphatic heterocycles. The molecule has 0 spiro atoms. The van der Waals surface area contributed by atoms with Gasteiger partial charge in [0.25, 0.3) is 5.91 Å². The first-order valence-corrected chi connectivity index (χ1v) is 13.8. The predicted octanol–water partition coefficient (Wildman–Crippen LogP) is 7.21. The number of aliphatic carboxylic acids is 1. The Balaban J connectivity index is 1.20. The number of carboxylic acid groups (broad SMARTS) is 1. The largest absolute Gasteiger partial charge is 0.573 e. The fourth-order valence-electron chi connectivity index (χ4n) is 5.62. The number of ether oxygens (including phenoxy) is 1. The van der Waals surface area contributed by atoms with Gasteiger partial charge in [0, 0.05) is 18.9 Å². The second kappa shape index (κ2) is 11.5. The maximum atomic E-state index is 12.7. The lowest BCUT2D eigenvalue weighted by atomic mass is 9.68. The minimum absolute atomic E-state index is 0.121. The Kier molecular flexibility index (Phi) is 7.99. The molecule has 7 nitrogen and oxygen atoms in total. The molecule has 1 amide bonds. The number of halogens is 3. The Bertz CT molecular complexity index is 1570. The Hall–Kier alpha value is -4.34. The van der Waals surface area contributed by atoms with Gasteiger partial charge in [-0.15, -0.1) is 13.2 Å². The molecule has 2 aromatic carbocycles. The fraction of sp³-hybridized carbons (Fsp3) is 0.344. The van der Waals surface area contributed by atoms with Crippen LogP contribution in [0.5, 0.6) is 5.75 Å². The number of pyridine rings is 1. The van der Waals surface area contributed by atoms with E-state index in [1.807, 2.05) is 32.2 Å². The molecule has 2 heterocycles. The van der Waals surface area contributed by atoms with Crippen molar-refractivity contribution in [2.75, 3.05) is 0 Å². The lowest BCUT2D eigenvalue weighted by molar-refractivity contribution is -0.274. The van der Waals surface area contributed by atoms with Gasteiger partial charge >= 0.3 is 12.3 Å². The normalized spacial score (nSPS) is 17.6. The average Bonchev–Trinajstić information content (AvgIpc) is 3.40. The highest BCUT2D eigenvalue weighted by atomic mass is 19.4. The molecule has 1 aliphatic carbocycles. The highest BCUT2D eigenvalue weighted by Gasteiger charge is 2.39. The van der Waals surface area contributed by atoms with Gasteiger partial charge < -0.3 is 19.6 Å². The van der Waals surface area contributed by atoms with Crippen LogP contribution in [0.15, 0.2) is 73.1 Å². The van der Waals surface area contributed by atoms with Crippen LogP contribution in [0.25, 0.3) is 16.8 Å². The number of benzene rings is 2. The van der Waals surface area contributed by atoms with Gasteiger partial charge in [0.05, 0.1) is 5.41 Å². The number of aromatic nitrogens is 2. The van der Waals surface area contributed by atoms with E-state index in [0.717, 1.165) is 36.8 Å². The van der Waals surface area contributed by atoms with E-state index in [2.05, 4.69) is 39.3 Å². The summed E-state index contributed by atoms with van der Waals surface area (Å²) < 4.78 is 42.7. The highest BCUT2D eigenvalue weighted by Crippen LogP contribution is 2.43. The first kappa shape index (κ1) is 29.2. The van der Waals surface area contributed by atoms with Crippen molar-refractivity contribution in [1.82, 2.24) is 14.7 Å². The first-order valence-electron chi connectivity index (χ1n) is 13.8. The quantitative estimate of drug-likeness (QED) is 0.230. The van der Waals surface area contributed by atoms with Gasteiger partial charge in [-0.2, -0.15) is 0 Å². The molecule has 1 aliphatic rings. The molecule has 0 unspecified atom stereocenters. The van der Waals surface area contributed by atoms with Crippen LogP contribution in [0.4, 0.5) is 13.2 Å². The van der Waals surface area contributed by atoms with E-state index in [0.29, 0.717) is 17.1 Å². The predicted molar refractivity (Wildman–Crippen MR) is 151 cm³/mol. The van der Waals surface area contributed by atoms with E-state index in [4.69, 9.17) is 0 Å². The number of carboxylic acids is 1. The van der Waals surface area contributed by atoms with Crippen LogP contribution in [0.2, 0.25) is 0 Å². The van der Waals surface area contributed by atoms with Gasteiger partial charge in [-0.1, -0.05) is 36.4 Å². The van der Waals surface area contributed by atoms with Crippen molar-refractivity contribution in [3.8, 4) is 16.9 Å². The van der Waals surface area contributed by atoms with Crippen LogP contribution >= 0.6 is 0 Å². The molecule has 2 aromatic heterocycles. The van der Waals surface area contributed by atoms with Gasteiger partial charge in [0.1, 0.15) is 17.1 Å². The molecule has 0 bridgehead atoms. The van der Waals surface area contributed by atoms with Crippen LogP contribution < -0.4 is 10.1 Å². The number of amides is 1. The van der Waals surface area contributed by atoms with E-state index >= 15 is 0 Å². The molecule has 10 heteroatoms. The summed E-state index contributed by atoms with van der Waals surface area (Å²) in [4.78, 5) is 28.7. The van der Waals surface area contributed by atoms with Crippen LogP contribution in [0.3, 0.4) is 0 Å². The van der Waals surface area contributed by atoms with Gasteiger partial charge in [-0.25, -0.2) is 4.98 Å². The zero-order chi connectivity index (χ0) is 30.1. The monoisotopic (exact) mass is 579 g/mol. The number of imidazole rings is 1. The number of rotatable bonds is 8. The third-order valence-corrected chi connectivity index (χ3v) is 8.31. The van der Waals surface area contributed by atoms with Crippen molar-refractivity contribution in [1.29, 1.82) is 0 Å². The van der Waals surface area contributed by atoms with Gasteiger partial charge in [-0.3, -0.25) is 9.59 Å². The SMILES string of the molecule is CC(C)(C(=O)O)[C@H]1CC[C@H](c2ccc(-c3ccc4nc(C(=O)NCc5ccc(OC(F)(F)F)cc5)cn4c3)cc2)CC1. The van der Waals surface area contributed by atoms with Gasteiger partial charge in [0.2, 0.25) is 0 Å². The number of nitrogens with zero attached hydrogens (tertiary/aromatic N) is 2. The summed E-state index contributed by atoms with van der Waals surface area (Å²) >= 11 is 0. The lowest BCUT2D eigenvalue weighted by Gasteiger charge is -2.36. The fourth-order valence-corrected chi connectivity index (χ4v) is 5.62. The molecule has 5 rings (SSSR count). The zero-order valence-corrected chi connectivity index (χ0v) is 23.3. The van der Waals surface area contributed by atoms with Crippen LogP contribution in [-0.2, 0) is 11.3 Å². The average molecular weight is 580 g/mol. The molecule has 2 N–H and O–H groups in total. The number of hydrogen-bond acceptors (Lipinski definition) is 4. The molecular weight excluding hydrogens is 547 g/mol. The van der Waals surface area contributed by atoms with Crippen molar-refractivity contribution in [2.24, 2.45) is 11.3 Å². The summed E-state index contributed by atoms with van der Waals surface area (Å²) in [6.07, 6.45) is 2.55. The van der Waals surface area contributed by atoms with Gasteiger partial charge in [0.15, 0.2) is 0 Å². The molecule has 4 aromatic rings. The summed E-state index contributed by atoms with van der Waals surface area (Å²) in [7, 11) is 0. The van der Waals surface area contributed by atoms with E-state index in [1.54, 1.807) is 10.6 Å².